The Morgan fingerprint density at radius 1 is 1.29 bits per heavy atom. The van der Waals surface area contributed by atoms with E-state index >= 15 is 0 Å². The van der Waals surface area contributed by atoms with Gasteiger partial charge in [0.25, 0.3) is 5.91 Å². The Morgan fingerprint density at radius 2 is 2.10 bits per heavy atom. The van der Waals surface area contributed by atoms with Crippen molar-refractivity contribution in [1.29, 1.82) is 0 Å². The van der Waals surface area contributed by atoms with E-state index in [2.05, 4.69) is 17.2 Å². The third-order valence-corrected chi connectivity index (χ3v) is 6.54. The van der Waals surface area contributed by atoms with E-state index in [1.807, 2.05) is 0 Å². The third-order valence-electron chi connectivity index (χ3n) is 5.37. The van der Waals surface area contributed by atoms with Crippen molar-refractivity contribution in [2.45, 2.75) is 39.2 Å². The number of hydrogen-bond donors (Lipinski definition) is 1. The maximum atomic E-state index is 12.8. The molecule has 1 amide bonds. The van der Waals surface area contributed by atoms with Crippen LogP contribution in [0.1, 0.15) is 51.4 Å². The van der Waals surface area contributed by atoms with Crippen molar-refractivity contribution in [3.63, 3.8) is 0 Å². The smallest absolute Gasteiger partial charge is 0.341 e. The summed E-state index contributed by atoms with van der Waals surface area (Å²) in [4.78, 5) is 42.9. The van der Waals surface area contributed by atoms with Gasteiger partial charge in [0.2, 0.25) is 0 Å². The van der Waals surface area contributed by atoms with Crippen molar-refractivity contribution in [2.24, 2.45) is 5.92 Å². The number of esters is 2. The minimum Gasteiger partial charge on any atom is -0.465 e. The highest BCUT2D eigenvalue weighted by atomic mass is 32.1. The molecular weight excluding hydrogens is 420 g/mol. The normalized spacial score (nSPS) is 16.4. The molecule has 1 aromatic carbocycles. The molecule has 0 radical (unpaired) electrons. The van der Waals surface area contributed by atoms with Crippen LogP contribution in [0, 0.1) is 5.92 Å². The van der Waals surface area contributed by atoms with E-state index in [9.17, 15) is 14.4 Å². The quantitative estimate of drug-likeness (QED) is 0.595. The molecule has 0 spiro atoms. The maximum Gasteiger partial charge on any atom is 0.341 e. The number of carbonyl (C=O) groups is 3. The second-order valence-corrected chi connectivity index (χ2v) is 8.69. The number of anilines is 1. The Kier molecular flexibility index (Phi) is 5.77. The lowest BCUT2D eigenvalue weighted by Gasteiger charge is -2.18. The van der Waals surface area contributed by atoms with Crippen molar-refractivity contribution in [3.8, 4) is 0 Å². The predicted molar refractivity (Wildman–Crippen MR) is 114 cm³/mol. The highest BCUT2D eigenvalue weighted by molar-refractivity contribution is 7.17. The summed E-state index contributed by atoms with van der Waals surface area (Å²) in [7, 11) is 1.32. The van der Waals surface area contributed by atoms with Gasteiger partial charge in [0, 0.05) is 4.88 Å². The molecule has 0 fully saturated rings. The molecule has 0 saturated carbocycles. The number of carbonyl (C=O) groups excluding carboxylic acids is 3. The molecule has 0 bridgehead atoms. The maximum absolute atomic E-state index is 12.8. The van der Waals surface area contributed by atoms with E-state index in [4.69, 9.17) is 13.9 Å². The van der Waals surface area contributed by atoms with Crippen LogP contribution in [0.4, 0.5) is 5.00 Å². The molecule has 0 saturated heterocycles. The minimum atomic E-state index is -1.08. The molecule has 2 unspecified atom stereocenters. The zero-order valence-corrected chi connectivity index (χ0v) is 18.2. The molecule has 2 heterocycles. The number of nitrogens with one attached hydrogen (secondary N) is 1. The van der Waals surface area contributed by atoms with Gasteiger partial charge in [-0.3, -0.25) is 4.79 Å². The first-order valence-corrected chi connectivity index (χ1v) is 10.8. The first-order valence-electron chi connectivity index (χ1n) is 9.96. The van der Waals surface area contributed by atoms with Crippen LogP contribution >= 0.6 is 11.3 Å². The van der Waals surface area contributed by atoms with Gasteiger partial charge in [-0.05, 0) is 49.8 Å². The molecule has 1 aliphatic rings. The third kappa shape index (κ3) is 4.05. The topological polar surface area (TPSA) is 108 Å². The fourth-order valence-electron chi connectivity index (χ4n) is 3.70. The predicted octanol–water partition coefficient (Wildman–Crippen LogP) is 3.98. The van der Waals surface area contributed by atoms with Gasteiger partial charge >= 0.3 is 11.9 Å². The summed E-state index contributed by atoms with van der Waals surface area (Å²) in [6, 6.07) is 4.89. The lowest BCUT2D eigenvalue weighted by atomic mass is 9.88. The van der Waals surface area contributed by atoms with E-state index in [0.717, 1.165) is 29.7 Å². The van der Waals surface area contributed by atoms with E-state index in [1.165, 1.54) is 31.8 Å². The fourth-order valence-corrected chi connectivity index (χ4v) is 5.10. The Labute approximate surface area is 182 Å². The molecule has 2 aromatic heterocycles. The van der Waals surface area contributed by atoms with Crippen molar-refractivity contribution < 1.29 is 28.3 Å². The summed E-state index contributed by atoms with van der Waals surface area (Å²) >= 11 is 1.38. The number of fused-ring (bicyclic) bond motifs is 2. The summed E-state index contributed by atoms with van der Waals surface area (Å²) < 4.78 is 15.5. The van der Waals surface area contributed by atoms with Crippen LogP contribution < -0.4 is 5.32 Å². The van der Waals surface area contributed by atoms with Gasteiger partial charge < -0.3 is 19.2 Å². The molecule has 31 heavy (non-hydrogen) atoms. The summed E-state index contributed by atoms with van der Waals surface area (Å²) in [5.41, 5.74) is 2.36. The fraction of sp³-hybridized carbons (Fsp3) is 0.364. The summed E-state index contributed by atoms with van der Waals surface area (Å²) in [6.07, 6.45) is 2.75. The molecular formula is C22H22N2O6S. The second kappa shape index (κ2) is 8.50. The molecule has 162 valence electrons. The van der Waals surface area contributed by atoms with Gasteiger partial charge in [-0.25, -0.2) is 14.6 Å². The monoisotopic (exact) mass is 442 g/mol. The number of thiophene rings is 1. The van der Waals surface area contributed by atoms with Crippen LogP contribution in [0.5, 0.6) is 0 Å². The number of oxazole rings is 1. The lowest BCUT2D eigenvalue weighted by Crippen LogP contribution is -2.30. The number of amides is 1. The second-order valence-electron chi connectivity index (χ2n) is 7.59. The number of rotatable bonds is 5. The SMILES string of the molecule is COC(=O)c1c(NC(=O)C(C)OC(=O)c2cccc3ocnc23)sc2c1CCC(C)C2. The van der Waals surface area contributed by atoms with E-state index < -0.39 is 23.9 Å². The van der Waals surface area contributed by atoms with Crippen molar-refractivity contribution >= 4 is 45.3 Å². The van der Waals surface area contributed by atoms with Crippen LogP contribution in [0.3, 0.4) is 0 Å². The Hall–Kier alpha value is -3.20. The van der Waals surface area contributed by atoms with Crippen LogP contribution in [0.2, 0.25) is 0 Å². The number of aromatic nitrogens is 1. The number of ether oxygens (including phenoxy) is 2. The molecule has 9 heteroatoms. The Morgan fingerprint density at radius 3 is 2.87 bits per heavy atom. The highest BCUT2D eigenvalue weighted by Gasteiger charge is 2.30. The van der Waals surface area contributed by atoms with Gasteiger partial charge in [0.05, 0.1) is 18.2 Å². The van der Waals surface area contributed by atoms with Gasteiger partial charge in [-0.1, -0.05) is 13.0 Å². The zero-order valence-electron chi connectivity index (χ0n) is 17.4. The first-order chi connectivity index (χ1) is 14.9. The number of para-hydroxylation sites is 1. The molecule has 0 aliphatic heterocycles. The van der Waals surface area contributed by atoms with Crippen LogP contribution in [0.15, 0.2) is 29.0 Å². The molecule has 4 rings (SSSR count). The number of hydrogen-bond acceptors (Lipinski definition) is 8. The summed E-state index contributed by atoms with van der Waals surface area (Å²) in [5, 5.41) is 3.18. The highest BCUT2D eigenvalue weighted by Crippen LogP contribution is 2.40. The van der Waals surface area contributed by atoms with Gasteiger partial charge in [-0.15, -0.1) is 11.3 Å². The lowest BCUT2D eigenvalue weighted by molar-refractivity contribution is -0.123. The van der Waals surface area contributed by atoms with E-state index in [1.54, 1.807) is 18.2 Å². The average molecular weight is 442 g/mol. The molecule has 1 aliphatic carbocycles. The van der Waals surface area contributed by atoms with Gasteiger partial charge in [-0.2, -0.15) is 0 Å². The molecule has 1 N–H and O–H groups in total. The van der Waals surface area contributed by atoms with Crippen LogP contribution in [0.25, 0.3) is 11.1 Å². The zero-order chi connectivity index (χ0) is 22.1. The van der Waals surface area contributed by atoms with Crippen LogP contribution in [-0.2, 0) is 27.1 Å². The van der Waals surface area contributed by atoms with Crippen molar-refractivity contribution in [3.05, 3.63) is 46.2 Å². The number of nitrogens with zero attached hydrogens (tertiary/aromatic N) is 1. The average Bonchev–Trinajstić information content (AvgIpc) is 3.36. The van der Waals surface area contributed by atoms with E-state index in [0.29, 0.717) is 27.6 Å². The molecule has 8 nitrogen and oxygen atoms in total. The molecule has 2 atom stereocenters. The standard InChI is InChI=1S/C22H22N2O6S/c1-11-7-8-13-16(9-11)31-20(17(13)22(27)28-3)24-19(25)12(2)30-21(26)14-5-4-6-15-18(14)23-10-29-15/h4-6,10-12H,7-9H2,1-3H3,(H,24,25). The Balaban J connectivity index is 1.52. The number of benzene rings is 1. The first kappa shape index (κ1) is 21.0. The minimum absolute atomic E-state index is 0.210. The van der Waals surface area contributed by atoms with E-state index in [-0.39, 0.29) is 5.56 Å². The largest absolute Gasteiger partial charge is 0.465 e. The Bertz CT molecular complexity index is 1160. The molecule has 3 aromatic rings. The summed E-state index contributed by atoms with van der Waals surface area (Å²) in [5.74, 6) is -1.18. The van der Waals surface area contributed by atoms with Crippen molar-refractivity contribution in [2.75, 3.05) is 12.4 Å². The number of methoxy groups -OCH3 is 1. The van der Waals surface area contributed by atoms with Gasteiger partial charge in [0.1, 0.15) is 10.5 Å². The summed E-state index contributed by atoms with van der Waals surface area (Å²) in [6.45, 7) is 3.64. The van der Waals surface area contributed by atoms with Crippen LogP contribution in [-0.4, -0.2) is 36.0 Å². The van der Waals surface area contributed by atoms with Gasteiger partial charge in [0.15, 0.2) is 18.1 Å². The van der Waals surface area contributed by atoms with Crippen molar-refractivity contribution in [1.82, 2.24) is 4.98 Å².